The summed E-state index contributed by atoms with van der Waals surface area (Å²) >= 11 is 4.24. The van der Waals surface area contributed by atoms with E-state index in [1.165, 1.54) is 24.3 Å². The van der Waals surface area contributed by atoms with E-state index in [0.717, 1.165) is 5.56 Å². The van der Waals surface area contributed by atoms with Crippen LogP contribution in [0.2, 0.25) is 0 Å². The van der Waals surface area contributed by atoms with Crippen LogP contribution in [0.4, 0.5) is 5.69 Å². The number of carboxylic acid groups (broad SMARTS) is 2. The van der Waals surface area contributed by atoms with Crippen LogP contribution in [-0.4, -0.2) is 45.4 Å². The highest BCUT2D eigenvalue weighted by atomic mass is 32.1. The standard InChI is InChI=1S/C22H25N3O6S/c23-18(26)10-11-22(21(30)31,24-17-8-6-15(7-9-17)20(28)29)25-19(27)16(13-32)12-14-4-2-1-3-5-14/h1-9,16,24,32H,10-13H2,(H2,23,26)(H,25,27)(H,28,29)(H,30,31)/t16?,22-/m0/s1. The maximum absolute atomic E-state index is 13.0. The maximum Gasteiger partial charge on any atom is 0.350 e. The van der Waals surface area contributed by atoms with Gasteiger partial charge in [0.25, 0.3) is 0 Å². The third-order valence-corrected chi connectivity index (χ3v) is 5.29. The van der Waals surface area contributed by atoms with Crippen LogP contribution < -0.4 is 16.4 Å². The minimum Gasteiger partial charge on any atom is -0.478 e. The van der Waals surface area contributed by atoms with Crippen molar-refractivity contribution in [2.24, 2.45) is 11.7 Å². The lowest BCUT2D eigenvalue weighted by atomic mass is 9.97. The highest BCUT2D eigenvalue weighted by Crippen LogP contribution is 2.21. The van der Waals surface area contributed by atoms with E-state index in [1.54, 1.807) is 0 Å². The molecule has 2 amide bonds. The molecule has 0 aliphatic carbocycles. The minimum absolute atomic E-state index is 0.00986. The van der Waals surface area contributed by atoms with Gasteiger partial charge in [0.1, 0.15) is 0 Å². The van der Waals surface area contributed by atoms with Gasteiger partial charge in [0, 0.05) is 24.3 Å². The van der Waals surface area contributed by atoms with Gasteiger partial charge in [-0.2, -0.15) is 12.6 Å². The van der Waals surface area contributed by atoms with Gasteiger partial charge >= 0.3 is 11.9 Å². The number of rotatable bonds is 12. The summed E-state index contributed by atoms with van der Waals surface area (Å²) in [4.78, 5) is 47.7. The van der Waals surface area contributed by atoms with E-state index in [4.69, 9.17) is 10.8 Å². The number of hydrogen-bond acceptors (Lipinski definition) is 6. The molecular formula is C22H25N3O6S. The zero-order valence-corrected chi connectivity index (χ0v) is 18.0. The Labute approximate surface area is 190 Å². The molecule has 0 aliphatic heterocycles. The van der Waals surface area contributed by atoms with Gasteiger partial charge in [-0.05, 0) is 36.2 Å². The number of hydrogen-bond donors (Lipinski definition) is 6. The van der Waals surface area contributed by atoms with Crippen molar-refractivity contribution in [3.63, 3.8) is 0 Å². The van der Waals surface area contributed by atoms with Gasteiger partial charge in [0.15, 0.2) is 0 Å². The summed E-state index contributed by atoms with van der Waals surface area (Å²) in [5, 5.41) is 24.3. The number of nitrogens with two attached hydrogens (primary N) is 1. The van der Waals surface area contributed by atoms with Crippen LogP contribution in [0, 0.1) is 5.92 Å². The average molecular weight is 460 g/mol. The van der Waals surface area contributed by atoms with Crippen molar-refractivity contribution in [2.75, 3.05) is 11.1 Å². The number of carbonyl (C=O) groups is 4. The Morgan fingerprint density at radius 2 is 1.62 bits per heavy atom. The summed E-state index contributed by atoms with van der Waals surface area (Å²) in [6.45, 7) is 0. The number of carbonyl (C=O) groups excluding carboxylic acids is 2. The summed E-state index contributed by atoms with van der Waals surface area (Å²) in [7, 11) is 0. The molecule has 0 saturated carbocycles. The first kappa shape index (κ1) is 24.7. The lowest BCUT2D eigenvalue weighted by Crippen LogP contribution is -2.61. The number of amides is 2. The zero-order chi connectivity index (χ0) is 23.7. The molecule has 0 spiro atoms. The maximum atomic E-state index is 13.0. The summed E-state index contributed by atoms with van der Waals surface area (Å²) in [6.07, 6.45) is -0.291. The molecule has 32 heavy (non-hydrogen) atoms. The molecule has 0 saturated heterocycles. The first-order valence-corrected chi connectivity index (χ1v) is 10.4. The quantitative estimate of drug-likeness (QED) is 0.208. The van der Waals surface area contributed by atoms with E-state index in [0.29, 0.717) is 6.42 Å². The lowest BCUT2D eigenvalue weighted by molar-refractivity contribution is -0.147. The number of primary amides is 1. The molecule has 0 fully saturated rings. The van der Waals surface area contributed by atoms with Gasteiger partial charge in [-0.3, -0.25) is 9.59 Å². The van der Waals surface area contributed by atoms with Crippen molar-refractivity contribution >= 4 is 42.1 Å². The van der Waals surface area contributed by atoms with Crippen LogP contribution in [0.1, 0.15) is 28.8 Å². The Hall–Kier alpha value is -3.53. The average Bonchev–Trinajstić information content (AvgIpc) is 2.76. The van der Waals surface area contributed by atoms with Gasteiger partial charge in [0.2, 0.25) is 17.5 Å². The Balaban J connectivity index is 2.31. The number of thiol groups is 1. The van der Waals surface area contributed by atoms with Gasteiger partial charge in [0.05, 0.1) is 11.5 Å². The second-order valence-corrected chi connectivity index (χ2v) is 7.61. The molecule has 0 heterocycles. The third-order valence-electron chi connectivity index (χ3n) is 4.85. The van der Waals surface area contributed by atoms with E-state index < -0.39 is 35.3 Å². The van der Waals surface area contributed by atoms with Crippen molar-refractivity contribution in [1.29, 1.82) is 0 Å². The van der Waals surface area contributed by atoms with Crippen LogP contribution >= 0.6 is 12.6 Å². The van der Waals surface area contributed by atoms with Gasteiger partial charge in [-0.15, -0.1) is 0 Å². The van der Waals surface area contributed by atoms with Gasteiger partial charge in [-0.25, -0.2) is 9.59 Å². The monoisotopic (exact) mass is 459 g/mol. The Morgan fingerprint density at radius 3 is 2.12 bits per heavy atom. The second-order valence-electron chi connectivity index (χ2n) is 7.24. The molecule has 9 nitrogen and oxygen atoms in total. The molecule has 1 unspecified atom stereocenters. The van der Waals surface area contributed by atoms with Crippen molar-refractivity contribution in [2.45, 2.75) is 24.9 Å². The van der Waals surface area contributed by atoms with E-state index in [2.05, 4.69) is 23.3 Å². The zero-order valence-electron chi connectivity index (χ0n) is 17.2. The van der Waals surface area contributed by atoms with Crippen LogP contribution in [0.5, 0.6) is 0 Å². The molecule has 0 bridgehead atoms. The molecule has 6 N–H and O–H groups in total. The molecule has 2 aromatic rings. The number of nitrogens with one attached hydrogen (secondary N) is 2. The van der Waals surface area contributed by atoms with E-state index in [1.807, 2.05) is 30.3 Å². The van der Waals surface area contributed by atoms with Crippen molar-refractivity contribution in [3.05, 3.63) is 65.7 Å². The molecular weight excluding hydrogens is 434 g/mol. The lowest BCUT2D eigenvalue weighted by Gasteiger charge is -2.33. The number of carboxylic acids is 2. The number of aliphatic carboxylic acids is 1. The highest BCUT2D eigenvalue weighted by Gasteiger charge is 2.41. The van der Waals surface area contributed by atoms with Crippen LogP contribution in [0.15, 0.2) is 54.6 Å². The predicted molar refractivity (Wildman–Crippen MR) is 121 cm³/mol. The van der Waals surface area contributed by atoms with E-state index in [9.17, 15) is 24.3 Å². The van der Waals surface area contributed by atoms with Crippen molar-refractivity contribution in [3.8, 4) is 0 Å². The molecule has 10 heteroatoms. The van der Waals surface area contributed by atoms with Crippen molar-refractivity contribution < 1.29 is 29.4 Å². The Morgan fingerprint density at radius 1 is 1.00 bits per heavy atom. The first-order valence-electron chi connectivity index (χ1n) is 9.77. The molecule has 0 radical (unpaired) electrons. The van der Waals surface area contributed by atoms with Gasteiger partial charge < -0.3 is 26.6 Å². The number of aromatic carboxylic acids is 1. The largest absolute Gasteiger partial charge is 0.478 e. The van der Waals surface area contributed by atoms with E-state index in [-0.39, 0.29) is 29.8 Å². The molecule has 2 rings (SSSR count). The Bertz CT molecular complexity index is 967. The number of anilines is 1. The molecule has 2 aromatic carbocycles. The summed E-state index contributed by atoms with van der Waals surface area (Å²) < 4.78 is 0. The molecule has 170 valence electrons. The second kappa shape index (κ2) is 11.2. The number of benzene rings is 2. The third kappa shape index (κ3) is 6.74. The fourth-order valence-electron chi connectivity index (χ4n) is 3.07. The Kier molecular flexibility index (Phi) is 8.65. The normalized spacial score (nSPS) is 13.4. The fraction of sp³-hybridized carbons (Fsp3) is 0.273. The highest BCUT2D eigenvalue weighted by molar-refractivity contribution is 7.80. The molecule has 0 aliphatic rings. The molecule has 0 aromatic heterocycles. The minimum atomic E-state index is -2.05. The van der Waals surface area contributed by atoms with Crippen molar-refractivity contribution in [1.82, 2.24) is 5.32 Å². The molecule has 2 atom stereocenters. The van der Waals surface area contributed by atoms with Crippen LogP contribution in [0.25, 0.3) is 0 Å². The first-order chi connectivity index (χ1) is 15.2. The smallest absolute Gasteiger partial charge is 0.350 e. The fourth-order valence-corrected chi connectivity index (χ4v) is 3.37. The topological polar surface area (TPSA) is 159 Å². The summed E-state index contributed by atoms with van der Waals surface area (Å²) in [5.74, 6) is -4.33. The predicted octanol–water partition coefficient (Wildman–Crippen LogP) is 1.75. The van der Waals surface area contributed by atoms with Crippen LogP contribution in [-0.2, 0) is 20.8 Å². The van der Waals surface area contributed by atoms with E-state index >= 15 is 0 Å². The summed E-state index contributed by atoms with van der Waals surface area (Å²) in [6, 6.07) is 14.5. The van der Waals surface area contributed by atoms with Crippen LogP contribution in [0.3, 0.4) is 0 Å². The van der Waals surface area contributed by atoms with Gasteiger partial charge in [-0.1, -0.05) is 30.3 Å². The SMILES string of the molecule is NC(=O)CC[C@@](NC(=O)C(CS)Cc1ccccc1)(Nc1ccc(C(=O)O)cc1)C(=O)O. The summed E-state index contributed by atoms with van der Waals surface area (Å²) in [5.41, 5.74) is 4.31.